The minimum absolute atomic E-state index is 0.138. The lowest BCUT2D eigenvalue weighted by atomic mass is 10.1. The van der Waals surface area contributed by atoms with Crippen molar-refractivity contribution in [2.24, 2.45) is 5.92 Å². The molecule has 0 aliphatic rings. The molecular weight excluding hydrogens is 248 g/mol. The number of aryl methyl sites for hydroxylation is 1. The molecule has 1 aromatic rings. The Bertz CT molecular complexity index is 442. The number of carboxylic acids is 1. The van der Waals surface area contributed by atoms with Crippen molar-refractivity contribution >= 4 is 12.0 Å². The van der Waals surface area contributed by atoms with E-state index >= 15 is 0 Å². The van der Waals surface area contributed by atoms with Gasteiger partial charge in [0.15, 0.2) is 0 Å². The molecule has 0 aliphatic carbocycles. The molecule has 1 unspecified atom stereocenters. The van der Waals surface area contributed by atoms with Gasteiger partial charge >= 0.3 is 12.0 Å². The molecule has 1 rings (SSSR count). The van der Waals surface area contributed by atoms with E-state index in [1.165, 1.54) is 4.90 Å². The third kappa shape index (κ3) is 4.31. The standard InChI is InChI=1S/C13H20N2O4/c1-4-10(12(16)17)7-14-13(18)15(3)8-11-5-6-19-9(11)2/h5-6,10H,4,7-8H2,1-3H3,(H,14,18)(H,16,17). The zero-order chi connectivity index (χ0) is 14.4. The van der Waals surface area contributed by atoms with Gasteiger partial charge in [-0.3, -0.25) is 4.79 Å². The first-order chi connectivity index (χ1) is 8.95. The number of hydrogen-bond acceptors (Lipinski definition) is 3. The smallest absolute Gasteiger partial charge is 0.317 e. The fourth-order valence-corrected chi connectivity index (χ4v) is 1.65. The lowest BCUT2D eigenvalue weighted by Gasteiger charge is -2.19. The van der Waals surface area contributed by atoms with E-state index in [-0.39, 0.29) is 12.6 Å². The molecule has 1 aromatic heterocycles. The van der Waals surface area contributed by atoms with E-state index in [2.05, 4.69) is 5.32 Å². The normalized spacial score (nSPS) is 11.9. The molecule has 1 heterocycles. The van der Waals surface area contributed by atoms with Gasteiger partial charge in [-0.15, -0.1) is 0 Å². The highest BCUT2D eigenvalue weighted by molar-refractivity contribution is 5.75. The average molecular weight is 268 g/mol. The van der Waals surface area contributed by atoms with Gasteiger partial charge in [0.25, 0.3) is 0 Å². The van der Waals surface area contributed by atoms with Gasteiger partial charge in [-0.1, -0.05) is 6.92 Å². The quantitative estimate of drug-likeness (QED) is 0.824. The van der Waals surface area contributed by atoms with Crippen LogP contribution in [0, 0.1) is 12.8 Å². The fraction of sp³-hybridized carbons (Fsp3) is 0.538. The summed E-state index contributed by atoms with van der Waals surface area (Å²) in [4.78, 5) is 24.1. The van der Waals surface area contributed by atoms with Gasteiger partial charge in [-0.25, -0.2) is 4.79 Å². The predicted octanol–water partition coefficient (Wildman–Crippen LogP) is 1.84. The fourth-order valence-electron chi connectivity index (χ4n) is 1.65. The van der Waals surface area contributed by atoms with Crippen molar-refractivity contribution in [3.05, 3.63) is 23.7 Å². The molecular formula is C13H20N2O4. The van der Waals surface area contributed by atoms with Crippen LogP contribution in [-0.2, 0) is 11.3 Å². The number of aliphatic carboxylic acids is 1. The van der Waals surface area contributed by atoms with Gasteiger partial charge in [0.05, 0.1) is 18.7 Å². The van der Waals surface area contributed by atoms with E-state index in [1.807, 2.05) is 13.0 Å². The molecule has 0 saturated carbocycles. The van der Waals surface area contributed by atoms with Crippen LogP contribution < -0.4 is 5.32 Å². The van der Waals surface area contributed by atoms with Gasteiger partial charge in [-0.2, -0.15) is 0 Å². The zero-order valence-corrected chi connectivity index (χ0v) is 11.5. The number of hydrogen-bond donors (Lipinski definition) is 2. The highest BCUT2D eigenvalue weighted by atomic mass is 16.4. The number of carbonyl (C=O) groups excluding carboxylic acids is 1. The van der Waals surface area contributed by atoms with E-state index in [1.54, 1.807) is 20.2 Å². The summed E-state index contributed by atoms with van der Waals surface area (Å²) in [6.07, 6.45) is 2.06. The zero-order valence-electron chi connectivity index (χ0n) is 11.5. The lowest BCUT2D eigenvalue weighted by molar-refractivity contribution is -0.141. The van der Waals surface area contributed by atoms with E-state index in [0.717, 1.165) is 11.3 Å². The number of urea groups is 1. The number of nitrogens with one attached hydrogen (secondary N) is 1. The van der Waals surface area contributed by atoms with Crippen molar-refractivity contribution in [2.75, 3.05) is 13.6 Å². The lowest BCUT2D eigenvalue weighted by Crippen LogP contribution is -2.40. The summed E-state index contributed by atoms with van der Waals surface area (Å²) < 4.78 is 5.16. The Morgan fingerprint density at radius 1 is 1.53 bits per heavy atom. The van der Waals surface area contributed by atoms with Crippen LogP contribution in [0.4, 0.5) is 4.79 Å². The molecule has 1 atom stereocenters. The number of carbonyl (C=O) groups is 2. The van der Waals surface area contributed by atoms with Crippen LogP contribution in [0.5, 0.6) is 0 Å². The Labute approximate surface area is 112 Å². The minimum atomic E-state index is -0.892. The molecule has 106 valence electrons. The van der Waals surface area contributed by atoms with Crippen molar-refractivity contribution in [2.45, 2.75) is 26.8 Å². The highest BCUT2D eigenvalue weighted by Gasteiger charge is 2.17. The molecule has 19 heavy (non-hydrogen) atoms. The third-order valence-electron chi connectivity index (χ3n) is 3.06. The Kier molecular flexibility index (Phi) is 5.41. The van der Waals surface area contributed by atoms with Crippen LogP contribution in [0.2, 0.25) is 0 Å². The minimum Gasteiger partial charge on any atom is -0.481 e. The van der Waals surface area contributed by atoms with Crippen LogP contribution >= 0.6 is 0 Å². The summed E-state index contributed by atoms with van der Waals surface area (Å²) in [5.41, 5.74) is 0.933. The van der Waals surface area contributed by atoms with Crippen LogP contribution in [0.1, 0.15) is 24.7 Å². The van der Waals surface area contributed by atoms with Gasteiger partial charge in [0.1, 0.15) is 5.76 Å². The number of carboxylic acid groups (broad SMARTS) is 1. The first-order valence-corrected chi connectivity index (χ1v) is 6.20. The van der Waals surface area contributed by atoms with Crippen molar-refractivity contribution < 1.29 is 19.1 Å². The van der Waals surface area contributed by atoms with Crippen LogP contribution in [-0.4, -0.2) is 35.6 Å². The van der Waals surface area contributed by atoms with E-state index in [9.17, 15) is 9.59 Å². The monoisotopic (exact) mass is 268 g/mol. The maximum absolute atomic E-state index is 11.8. The molecule has 0 radical (unpaired) electrons. The van der Waals surface area contributed by atoms with Gasteiger partial charge in [0, 0.05) is 19.2 Å². The second-order valence-corrected chi connectivity index (χ2v) is 4.49. The maximum atomic E-state index is 11.8. The molecule has 0 spiro atoms. The molecule has 0 saturated heterocycles. The number of rotatable bonds is 6. The largest absolute Gasteiger partial charge is 0.481 e. The topological polar surface area (TPSA) is 82.8 Å². The summed E-state index contributed by atoms with van der Waals surface area (Å²) in [6.45, 7) is 4.18. The average Bonchev–Trinajstić information content (AvgIpc) is 2.75. The second-order valence-electron chi connectivity index (χ2n) is 4.49. The van der Waals surface area contributed by atoms with Gasteiger partial charge in [-0.05, 0) is 19.4 Å². The SMILES string of the molecule is CCC(CNC(=O)N(C)Cc1ccoc1C)C(=O)O. The molecule has 0 aliphatic heterocycles. The Morgan fingerprint density at radius 2 is 2.21 bits per heavy atom. The summed E-state index contributed by atoms with van der Waals surface area (Å²) in [5, 5.41) is 11.5. The van der Waals surface area contributed by atoms with Gasteiger partial charge in [0.2, 0.25) is 0 Å². The molecule has 6 nitrogen and oxygen atoms in total. The summed E-state index contributed by atoms with van der Waals surface area (Å²) in [6, 6.07) is 1.52. The molecule has 2 amide bonds. The molecule has 6 heteroatoms. The van der Waals surface area contributed by atoms with Crippen molar-refractivity contribution in [1.29, 1.82) is 0 Å². The number of furan rings is 1. The van der Waals surface area contributed by atoms with Crippen LogP contribution in [0.25, 0.3) is 0 Å². The van der Waals surface area contributed by atoms with Crippen molar-refractivity contribution in [3.8, 4) is 0 Å². The Balaban J connectivity index is 2.45. The number of nitrogens with zero attached hydrogens (tertiary/aromatic N) is 1. The van der Waals surface area contributed by atoms with E-state index in [4.69, 9.17) is 9.52 Å². The third-order valence-corrected chi connectivity index (χ3v) is 3.06. The summed E-state index contributed by atoms with van der Waals surface area (Å²) in [5.74, 6) is -0.666. The number of amides is 2. The summed E-state index contributed by atoms with van der Waals surface area (Å²) >= 11 is 0. The first-order valence-electron chi connectivity index (χ1n) is 6.20. The van der Waals surface area contributed by atoms with Crippen molar-refractivity contribution in [3.63, 3.8) is 0 Å². The Morgan fingerprint density at radius 3 is 2.68 bits per heavy atom. The van der Waals surface area contributed by atoms with E-state index in [0.29, 0.717) is 13.0 Å². The predicted molar refractivity (Wildman–Crippen MR) is 69.7 cm³/mol. The van der Waals surface area contributed by atoms with E-state index < -0.39 is 11.9 Å². The van der Waals surface area contributed by atoms with Crippen LogP contribution in [0.15, 0.2) is 16.7 Å². The summed E-state index contributed by atoms with van der Waals surface area (Å²) in [7, 11) is 1.66. The van der Waals surface area contributed by atoms with Crippen molar-refractivity contribution in [1.82, 2.24) is 10.2 Å². The first kappa shape index (κ1) is 15.1. The molecule has 2 N–H and O–H groups in total. The maximum Gasteiger partial charge on any atom is 0.317 e. The highest BCUT2D eigenvalue weighted by Crippen LogP contribution is 2.11. The van der Waals surface area contributed by atoms with Gasteiger partial charge < -0.3 is 19.7 Å². The molecule has 0 fully saturated rings. The molecule has 0 aromatic carbocycles. The second kappa shape index (κ2) is 6.82. The molecule has 0 bridgehead atoms. The Hall–Kier alpha value is -1.98. The van der Waals surface area contributed by atoms with Crippen LogP contribution in [0.3, 0.4) is 0 Å².